The molecule has 2 saturated carbocycles. The van der Waals surface area contributed by atoms with E-state index < -0.39 is 0 Å². The molecule has 0 aliphatic heterocycles. The topological polar surface area (TPSA) is 74.2 Å². The van der Waals surface area contributed by atoms with E-state index in [9.17, 15) is 0 Å². The first-order valence-electron chi connectivity index (χ1n) is 7.44. The van der Waals surface area contributed by atoms with Gasteiger partial charge in [0.15, 0.2) is 5.82 Å². The third-order valence-electron chi connectivity index (χ3n) is 4.14. The lowest BCUT2D eigenvalue weighted by atomic mass is 9.93. The van der Waals surface area contributed by atoms with Crippen LogP contribution in [-0.4, -0.2) is 22.3 Å². The maximum Gasteiger partial charge on any atom is 0.252 e. The number of aromatic nitrogens is 2. The van der Waals surface area contributed by atoms with Gasteiger partial charge in [0, 0.05) is 11.5 Å². The zero-order valence-corrected chi connectivity index (χ0v) is 11.4. The number of nitrogens with zero attached hydrogens (tertiary/aromatic N) is 2. The third kappa shape index (κ3) is 3.54. The molecule has 106 valence electrons. The van der Waals surface area contributed by atoms with E-state index in [1.807, 2.05) is 0 Å². The quantitative estimate of drug-likeness (QED) is 0.828. The molecule has 3 rings (SSSR count). The van der Waals surface area contributed by atoms with Gasteiger partial charge in [0.2, 0.25) is 0 Å². The average molecular weight is 265 g/mol. The maximum absolute atomic E-state index is 6.40. The summed E-state index contributed by atoms with van der Waals surface area (Å²) in [6.07, 6.45) is 9.52. The molecule has 1 aromatic heterocycles. The molecule has 2 fully saturated rings. The molecule has 5 heteroatoms. The predicted molar refractivity (Wildman–Crippen MR) is 70.5 cm³/mol. The Balaban J connectivity index is 1.45. The lowest BCUT2D eigenvalue weighted by molar-refractivity contribution is 0.0517. The molecule has 0 spiro atoms. The molecule has 0 radical (unpaired) electrons. The van der Waals surface area contributed by atoms with Crippen molar-refractivity contribution >= 4 is 0 Å². The molecule has 2 aliphatic rings. The zero-order valence-electron chi connectivity index (χ0n) is 11.4. The van der Waals surface area contributed by atoms with Crippen molar-refractivity contribution in [2.45, 2.75) is 69.4 Å². The molecule has 0 amide bonds. The number of hydrogen-bond donors (Lipinski definition) is 1. The van der Waals surface area contributed by atoms with Crippen LogP contribution < -0.4 is 5.73 Å². The van der Waals surface area contributed by atoms with Crippen LogP contribution in [-0.2, 0) is 11.3 Å². The minimum Gasteiger partial charge on any atom is -0.370 e. The summed E-state index contributed by atoms with van der Waals surface area (Å²) in [5.41, 5.74) is 6.24. The Hall–Kier alpha value is -0.940. The van der Waals surface area contributed by atoms with Crippen LogP contribution in [0.25, 0.3) is 0 Å². The van der Waals surface area contributed by atoms with Crippen LogP contribution in [0.1, 0.15) is 69.0 Å². The molecule has 0 unspecified atom stereocenters. The lowest BCUT2D eigenvalue weighted by Crippen LogP contribution is -2.43. The van der Waals surface area contributed by atoms with Crippen molar-refractivity contribution in [3.8, 4) is 0 Å². The molecule has 1 aromatic rings. The van der Waals surface area contributed by atoms with Crippen molar-refractivity contribution < 1.29 is 9.26 Å². The van der Waals surface area contributed by atoms with E-state index >= 15 is 0 Å². The summed E-state index contributed by atoms with van der Waals surface area (Å²) in [4.78, 5) is 4.35. The first-order chi connectivity index (χ1) is 9.25. The van der Waals surface area contributed by atoms with Crippen LogP contribution in [0.5, 0.6) is 0 Å². The summed E-state index contributed by atoms with van der Waals surface area (Å²) in [5, 5.41) is 3.98. The van der Waals surface area contributed by atoms with Crippen LogP contribution in [0.3, 0.4) is 0 Å². The smallest absolute Gasteiger partial charge is 0.252 e. The van der Waals surface area contributed by atoms with Gasteiger partial charge in [-0.3, -0.25) is 0 Å². The first-order valence-corrected chi connectivity index (χ1v) is 7.44. The number of hydrogen-bond acceptors (Lipinski definition) is 5. The van der Waals surface area contributed by atoms with Crippen LogP contribution in [0.2, 0.25) is 0 Å². The molecule has 0 atom stereocenters. The minimum absolute atomic E-state index is 0.157. The monoisotopic (exact) mass is 265 g/mol. The fourth-order valence-electron chi connectivity index (χ4n) is 2.75. The van der Waals surface area contributed by atoms with E-state index in [0.29, 0.717) is 25.0 Å². The number of nitrogens with two attached hydrogens (primary N) is 1. The van der Waals surface area contributed by atoms with Crippen molar-refractivity contribution in [3.63, 3.8) is 0 Å². The van der Waals surface area contributed by atoms with Crippen LogP contribution in [0, 0.1) is 0 Å². The highest BCUT2D eigenvalue weighted by Gasteiger charge is 2.29. The molecule has 1 heterocycles. The normalized spacial score (nSPS) is 23.2. The highest BCUT2D eigenvalue weighted by molar-refractivity contribution is 5.03. The van der Waals surface area contributed by atoms with E-state index in [1.54, 1.807) is 0 Å². The van der Waals surface area contributed by atoms with E-state index in [1.165, 1.54) is 38.5 Å². The van der Waals surface area contributed by atoms with Gasteiger partial charge < -0.3 is 15.0 Å². The number of rotatable bonds is 5. The fraction of sp³-hybridized carbons (Fsp3) is 0.857. The van der Waals surface area contributed by atoms with Gasteiger partial charge >= 0.3 is 0 Å². The molecule has 5 nitrogen and oxygen atoms in total. The third-order valence-corrected chi connectivity index (χ3v) is 4.14. The van der Waals surface area contributed by atoms with Crippen molar-refractivity contribution in [1.29, 1.82) is 0 Å². The second-order valence-corrected chi connectivity index (χ2v) is 6.09. The molecule has 2 aliphatic carbocycles. The molecule has 0 aromatic carbocycles. The fourth-order valence-corrected chi connectivity index (χ4v) is 2.75. The predicted octanol–water partition coefficient (Wildman–Crippen LogP) is 2.52. The summed E-state index contributed by atoms with van der Waals surface area (Å²) in [5.74, 6) is 1.95. The molecular formula is C14H23N3O2. The van der Waals surface area contributed by atoms with Crippen LogP contribution in [0.4, 0.5) is 0 Å². The summed E-state index contributed by atoms with van der Waals surface area (Å²) < 4.78 is 10.9. The number of ether oxygens (including phenoxy) is 1. The Bertz CT molecular complexity index is 407. The Morgan fingerprint density at radius 1 is 1.21 bits per heavy atom. The van der Waals surface area contributed by atoms with Gasteiger partial charge in [0.05, 0.1) is 6.61 Å². The van der Waals surface area contributed by atoms with Crippen molar-refractivity contribution in [2.24, 2.45) is 5.73 Å². The second kappa shape index (κ2) is 5.59. The molecule has 0 bridgehead atoms. The Kier molecular flexibility index (Phi) is 3.84. The standard InChI is InChI=1S/C14H23N3O2/c15-14(7-3-1-2-4-8-14)10-18-9-12-16-13(17-19-12)11-5-6-11/h11H,1-10,15H2. The van der Waals surface area contributed by atoms with Crippen molar-refractivity contribution in [1.82, 2.24) is 10.1 Å². The highest BCUT2D eigenvalue weighted by Crippen LogP contribution is 2.38. The summed E-state index contributed by atoms with van der Waals surface area (Å²) >= 11 is 0. The molecule has 19 heavy (non-hydrogen) atoms. The summed E-state index contributed by atoms with van der Waals surface area (Å²) in [6, 6.07) is 0. The van der Waals surface area contributed by atoms with Crippen LogP contribution >= 0.6 is 0 Å². The van der Waals surface area contributed by atoms with E-state index in [0.717, 1.165) is 18.7 Å². The van der Waals surface area contributed by atoms with Gasteiger partial charge in [-0.2, -0.15) is 4.98 Å². The van der Waals surface area contributed by atoms with Gasteiger partial charge in [-0.05, 0) is 25.7 Å². The van der Waals surface area contributed by atoms with E-state index in [-0.39, 0.29) is 5.54 Å². The summed E-state index contributed by atoms with van der Waals surface area (Å²) in [7, 11) is 0. The first kappa shape index (κ1) is 13.1. The zero-order chi connectivity index (χ0) is 13.1. The molecular weight excluding hydrogens is 242 g/mol. The maximum atomic E-state index is 6.40. The second-order valence-electron chi connectivity index (χ2n) is 6.09. The van der Waals surface area contributed by atoms with Crippen molar-refractivity contribution in [2.75, 3.05) is 6.61 Å². The Morgan fingerprint density at radius 3 is 2.63 bits per heavy atom. The lowest BCUT2D eigenvalue weighted by Gasteiger charge is -2.27. The SMILES string of the molecule is NC1(COCc2nc(C3CC3)no2)CCCCCC1. The Labute approximate surface area is 113 Å². The van der Waals surface area contributed by atoms with Crippen LogP contribution in [0.15, 0.2) is 4.52 Å². The van der Waals surface area contributed by atoms with E-state index in [4.69, 9.17) is 15.0 Å². The van der Waals surface area contributed by atoms with Gasteiger partial charge in [0.1, 0.15) is 6.61 Å². The average Bonchev–Trinajstić information content (AvgIpc) is 3.17. The van der Waals surface area contributed by atoms with Gasteiger partial charge in [-0.25, -0.2) is 0 Å². The van der Waals surface area contributed by atoms with Gasteiger partial charge in [-0.15, -0.1) is 0 Å². The van der Waals surface area contributed by atoms with Gasteiger partial charge in [0.25, 0.3) is 5.89 Å². The van der Waals surface area contributed by atoms with E-state index in [2.05, 4.69) is 10.1 Å². The molecule has 0 saturated heterocycles. The van der Waals surface area contributed by atoms with Crippen molar-refractivity contribution in [3.05, 3.63) is 11.7 Å². The summed E-state index contributed by atoms with van der Waals surface area (Å²) in [6.45, 7) is 0.979. The highest BCUT2D eigenvalue weighted by atomic mass is 16.5. The Morgan fingerprint density at radius 2 is 1.95 bits per heavy atom. The largest absolute Gasteiger partial charge is 0.370 e. The van der Waals surface area contributed by atoms with Gasteiger partial charge in [-0.1, -0.05) is 30.8 Å². The molecule has 2 N–H and O–H groups in total. The minimum atomic E-state index is -0.157.